The first-order chi connectivity index (χ1) is 15.6. The molecule has 33 heavy (non-hydrogen) atoms. The van der Waals surface area contributed by atoms with Gasteiger partial charge in [0.05, 0.1) is 6.10 Å². The number of carboxylic acid groups (broad SMARTS) is 1. The normalized spacial score (nSPS) is 54.3. The number of Topliss-reactive ketones (excluding diaryl/α,β-unsaturated/α-hetero) is 1. The second-order valence-electron chi connectivity index (χ2n) is 11.9. The average Bonchev–Trinajstić information content (AvgIpc) is 3.10. The largest absolute Gasteiger partial charge is 0.479 e. The van der Waals surface area contributed by atoms with E-state index in [9.17, 15) is 30.0 Å². The molecule has 12 atom stereocenters. The Bertz CT molecular complexity index is 801. The molecule has 8 heteroatoms. The van der Waals surface area contributed by atoms with Crippen molar-refractivity contribution in [2.24, 2.45) is 34.5 Å². The van der Waals surface area contributed by atoms with Gasteiger partial charge >= 0.3 is 5.97 Å². The van der Waals surface area contributed by atoms with Crippen LogP contribution in [0.4, 0.5) is 0 Å². The Morgan fingerprint density at radius 2 is 1.67 bits per heavy atom. The quantitative estimate of drug-likeness (QED) is 0.495. The van der Waals surface area contributed by atoms with E-state index in [0.29, 0.717) is 35.9 Å². The van der Waals surface area contributed by atoms with E-state index in [1.807, 2.05) is 0 Å². The maximum atomic E-state index is 12.1. The molecular weight excluding hydrogens is 428 g/mol. The van der Waals surface area contributed by atoms with E-state index in [4.69, 9.17) is 9.47 Å². The summed E-state index contributed by atoms with van der Waals surface area (Å²) in [4.78, 5) is 23.6. The molecule has 1 saturated heterocycles. The summed E-state index contributed by atoms with van der Waals surface area (Å²) >= 11 is 0. The molecule has 4 aliphatic carbocycles. The molecule has 1 heterocycles. The van der Waals surface area contributed by atoms with Crippen LogP contribution in [0.2, 0.25) is 0 Å². The van der Waals surface area contributed by atoms with E-state index in [1.54, 1.807) is 0 Å². The highest BCUT2D eigenvalue weighted by atomic mass is 16.7. The van der Waals surface area contributed by atoms with Crippen LogP contribution in [0.15, 0.2) is 0 Å². The molecule has 0 radical (unpaired) electrons. The first kappa shape index (κ1) is 23.7. The molecule has 0 aromatic carbocycles. The maximum Gasteiger partial charge on any atom is 0.335 e. The summed E-state index contributed by atoms with van der Waals surface area (Å²) in [6.45, 7) is 4.66. The lowest BCUT2D eigenvalue weighted by Crippen LogP contribution is -2.61. The van der Waals surface area contributed by atoms with E-state index in [1.165, 1.54) is 0 Å². The molecule has 186 valence electrons. The van der Waals surface area contributed by atoms with Gasteiger partial charge in [-0.2, -0.15) is 0 Å². The van der Waals surface area contributed by atoms with Crippen molar-refractivity contribution in [1.29, 1.82) is 0 Å². The number of fused-ring (bicyclic) bond motifs is 5. The second-order valence-corrected chi connectivity index (χ2v) is 11.9. The van der Waals surface area contributed by atoms with Crippen molar-refractivity contribution >= 4 is 11.8 Å². The Hall–Kier alpha value is -1.06. The fourth-order valence-electron chi connectivity index (χ4n) is 8.55. The summed E-state index contributed by atoms with van der Waals surface area (Å²) in [5, 5.41) is 39.9. The van der Waals surface area contributed by atoms with Crippen LogP contribution in [0, 0.1) is 34.5 Å². The number of carbonyl (C=O) groups is 2. The minimum atomic E-state index is -1.71. The molecule has 0 amide bonds. The number of ketones is 1. The van der Waals surface area contributed by atoms with Crippen molar-refractivity contribution < 1.29 is 39.5 Å². The minimum absolute atomic E-state index is 0.113. The lowest BCUT2D eigenvalue weighted by molar-refractivity contribution is -0.313. The number of hydrogen-bond donors (Lipinski definition) is 4. The van der Waals surface area contributed by atoms with Gasteiger partial charge in [0.1, 0.15) is 24.1 Å². The van der Waals surface area contributed by atoms with E-state index >= 15 is 0 Å². The highest BCUT2D eigenvalue weighted by Crippen LogP contribution is 2.66. The van der Waals surface area contributed by atoms with E-state index in [2.05, 4.69) is 13.8 Å². The van der Waals surface area contributed by atoms with E-state index in [-0.39, 0.29) is 16.9 Å². The summed E-state index contributed by atoms with van der Waals surface area (Å²) < 4.78 is 11.6. The predicted molar refractivity (Wildman–Crippen MR) is 116 cm³/mol. The van der Waals surface area contributed by atoms with Crippen molar-refractivity contribution in [2.45, 2.75) is 108 Å². The second kappa shape index (κ2) is 8.26. The van der Waals surface area contributed by atoms with Crippen LogP contribution in [-0.4, -0.2) is 69.0 Å². The van der Waals surface area contributed by atoms with Crippen LogP contribution in [0.3, 0.4) is 0 Å². The van der Waals surface area contributed by atoms with Gasteiger partial charge in [-0.05, 0) is 79.4 Å². The molecule has 8 nitrogen and oxygen atoms in total. The van der Waals surface area contributed by atoms with Gasteiger partial charge in [-0.3, -0.25) is 4.79 Å². The molecule has 0 bridgehead atoms. The van der Waals surface area contributed by atoms with Gasteiger partial charge in [0.25, 0.3) is 0 Å². The summed E-state index contributed by atoms with van der Waals surface area (Å²) in [5.74, 6) is 1.21. The topological polar surface area (TPSA) is 134 Å². The van der Waals surface area contributed by atoms with Crippen LogP contribution in [0.1, 0.15) is 71.6 Å². The number of carbonyl (C=O) groups excluding carboxylic acids is 1. The molecule has 0 unspecified atom stereocenters. The average molecular weight is 467 g/mol. The molecule has 5 aliphatic rings. The van der Waals surface area contributed by atoms with Crippen LogP contribution in [-0.2, 0) is 19.1 Å². The monoisotopic (exact) mass is 466 g/mol. The van der Waals surface area contributed by atoms with Crippen LogP contribution < -0.4 is 0 Å². The molecule has 5 fully saturated rings. The number of hydrogen-bond acceptors (Lipinski definition) is 7. The van der Waals surface area contributed by atoms with Crippen LogP contribution in [0.25, 0.3) is 0 Å². The Labute approximate surface area is 194 Å². The molecule has 4 saturated carbocycles. The van der Waals surface area contributed by atoms with Gasteiger partial charge in [-0.25, -0.2) is 4.79 Å². The smallest absolute Gasteiger partial charge is 0.335 e. The zero-order valence-electron chi connectivity index (χ0n) is 19.6. The third-order valence-corrected chi connectivity index (χ3v) is 10.5. The number of rotatable bonds is 3. The summed E-state index contributed by atoms with van der Waals surface area (Å²) in [7, 11) is 0. The molecule has 5 rings (SSSR count). The first-order valence-corrected chi connectivity index (χ1v) is 12.7. The predicted octanol–water partition coefficient (Wildman–Crippen LogP) is 1.88. The Morgan fingerprint density at radius 3 is 2.39 bits per heavy atom. The van der Waals surface area contributed by atoms with Gasteiger partial charge in [-0.15, -0.1) is 0 Å². The SMILES string of the molecule is C[C@]12CCC(=O)C[C@@H]1CC[C@@H]1[C@@H]2CC[C@]2(C)[C@H](O[C@@H]3O[C@@H](C(=O)O)[C@@H](O)[C@H](O)[C@H]3O)CC[C@@H]12. The van der Waals surface area contributed by atoms with Crippen LogP contribution >= 0.6 is 0 Å². The minimum Gasteiger partial charge on any atom is -0.479 e. The Morgan fingerprint density at radius 1 is 0.939 bits per heavy atom. The Balaban J connectivity index is 1.32. The molecule has 0 aromatic rings. The van der Waals surface area contributed by atoms with Gasteiger partial charge < -0.3 is 29.9 Å². The highest BCUT2D eigenvalue weighted by molar-refractivity contribution is 5.79. The summed E-state index contributed by atoms with van der Waals surface area (Å²) in [5.41, 5.74) is 0.117. The zero-order valence-corrected chi connectivity index (χ0v) is 19.6. The number of aliphatic carboxylic acids is 1. The number of ether oxygens (including phenoxy) is 2. The maximum absolute atomic E-state index is 12.1. The molecule has 0 aromatic heterocycles. The fraction of sp³-hybridized carbons (Fsp3) is 0.920. The summed E-state index contributed by atoms with van der Waals surface area (Å²) in [6, 6.07) is 0. The number of carboxylic acids is 1. The first-order valence-electron chi connectivity index (χ1n) is 12.7. The van der Waals surface area contributed by atoms with Crippen molar-refractivity contribution in [3.63, 3.8) is 0 Å². The standard InChI is InChI=1S/C25H38O8/c1-24-9-7-13(26)11-12(24)3-4-14-15-5-6-17(25(15,2)10-8-16(14)24)32-23-20(29)18(27)19(28)21(33-23)22(30)31/h12,14-21,23,27-29H,3-11H2,1-2H3,(H,30,31)/t12-,14-,15-,16-,17+,18-,19-,20+,21+,23+,24-,25-/m0/s1. The van der Waals surface area contributed by atoms with E-state index < -0.39 is 36.7 Å². The molecule has 1 aliphatic heterocycles. The molecule has 4 N–H and O–H groups in total. The van der Waals surface area contributed by atoms with Gasteiger partial charge in [0, 0.05) is 12.8 Å². The molecule has 0 spiro atoms. The third kappa shape index (κ3) is 3.59. The van der Waals surface area contributed by atoms with Gasteiger partial charge in [0.2, 0.25) is 0 Å². The zero-order chi connectivity index (χ0) is 23.7. The lowest BCUT2D eigenvalue weighted by atomic mass is 9.45. The van der Waals surface area contributed by atoms with Gasteiger partial charge in [-0.1, -0.05) is 13.8 Å². The van der Waals surface area contributed by atoms with Crippen molar-refractivity contribution in [3.8, 4) is 0 Å². The third-order valence-electron chi connectivity index (χ3n) is 10.5. The summed E-state index contributed by atoms with van der Waals surface area (Å²) in [6.07, 6.45) is 0.569. The highest BCUT2D eigenvalue weighted by Gasteiger charge is 2.61. The Kier molecular flexibility index (Phi) is 5.93. The number of aliphatic hydroxyl groups excluding tert-OH is 3. The fourth-order valence-corrected chi connectivity index (χ4v) is 8.55. The lowest BCUT2D eigenvalue weighted by Gasteiger charge is -2.60. The number of aliphatic hydroxyl groups is 3. The van der Waals surface area contributed by atoms with Crippen molar-refractivity contribution in [2.75, 3.05) is 0 Å². The van der Waals surface area contributed by atoms with Crippen molar-refractivity contribution in [3.05, 3.63) is 0 Å². The van der Waals surface area contributed by atoms with Crippen molar-refractivity contribution in [1.82, 2.24) is 0 Å². The van der Waals surface area contributed by atoms with Gasteiger partial charge in [0.15, 0.2) is 12.4 Å². The van der Waals surface area contributed by atoms with E-state index in [0.717, 1.165) is 51.4 Å². The molecular formula is C25H38O8. The van der Waals surface area contributed by atoms with Crippen LogP contribution in [0.5, 0.6) is 0 Å².